The van der Waals surface area contributed by atoms with Crippen LogP contribution in [0.4, 0.5) is 8.78 Å². The zero-order valence-electron chi connectivity index (χ0n) is 8.86. The van der Waals surface area contributed by atoms with Crippen molar-refractivity contribution >= 4 is 5.91 Å². The maximum Gasteiger partial charge on any atom is 0.267 e. The summed E-state index contributed by atoms with van der Waals surface area (Å²) in [7, 11) is 0. The van der Waals surface area contributed by atoms with Gasteiger partial charge < -0.3 is 15.0 Å². The summed E-state index contributed by atoms with van der Waals surface area (Å²) in [5.41, 5.74) is 0.168. The van der Waals surface area contributed by atoms with Crippen LogP contribution in [0, 0.1) is 0 Å². The molecule has 0 aromatic carbocycles. The second-order valence-electron chi connectivity index (χ2n) is 3.50. The lowest BCUT2D eigenvalue weighted by Crippen LogP contribution is -2.32. The lowest BCUT2D eigenvalue weighted by atomic mass is 10.3. The maximum atomic E-state index is 12.2. The number of carbonyl (C=O) groups excluding carboxylic acids is 1. The number of nitrogens with zero attached hydrogens (tertiary/aromatic N) is 1. The van der Waals surface area contributed by atoms with Gasteiger partial charge in [0.15, 0.2) is 0 Å². The van der Waals surface area contributed by atoms with Crippen LogP contribution in [-0.2, 0) is 6.54 Å². The van der Waals surface area contributed by atoms with E-state index in [9.17, 15) is 13.6 Å². The Morgan fingerprint density at radius 3 is 2.88 bits per heavy atom. The van der Waals surface area contributed by atoms with E-state index >= 15 is 0 Å². The number of rotatable bonds is 5. The van der Waals surface area contributed by atoms with Gasteiger partial charge in [0.2, 0.25) is 0 Å². The number of halogens is 2. The maximum absolute atomic E-state index is 12.2. The highest BCUT2D eigenvalue weighted by Gasteiger charge is 2.13. The monoisotopic (exact) mass is 232 g/mol. The number of hydrogen-bond acceptors (Lipinski definition) is 2. The minimum Gasteiger partial charge on any atom is -0.392 e. The largest absolute Gasteiger partial charge is 0.392 e. The predicted molar refractivity (Wildman–Crippen MR) is 54.5 cm³/mol. The number of aliphatic hydroxyl groups is 1. The van der Waals surface area contributed by atoms with Gasteiger partial charge >= 0.3 is 0 Å². The molecule has 1 amide bonds. The van der Waals surface area contributed by atoms with Crippen LogP contribution in [0.1, 0.15) is 17.4 Å². The minimum atomic E-state index is -2.50. The fourth-order valence-electron chi connectivity index (χ4n) is 1.26. The van der Waals surface area contributed by atoms with Gasteiger partial charge in [0, 0.05) is 12.7 Å². The molecule has 0 aliphatic rings. The third-order valence-corrected chi connectivity index (χ3v) is 1.95. The third-order valence-electron chi connectivity index (χ3n) is 1.95. The van der Waals surface area contributed by atoms with Crippen molar-refractivity contribution in [3.63, 3.8) is 0 Å². The van der Waals surface area contributed by atoms with Gasteiger partial charge in [0.1, 0.15) is 5.69 Å². The van der Waals surface area contributed by atoms with Crippen molar-refractivity contribution in [1.29, 1.82) is 0 Å². The van der Waals surface area contributed by atoms with E-state index in [0.29, 0.717) is 0 Å². The van der Waals surface area contributed by atoms with Gasteiger partial charge in [-0.25, -0.2) is 8.78 Å². The summed E-state index contributed by atoms with van der Waals surface area (Å²) in [5.74, 6) is -0.466. The Bertz CT molecular complexity index is 350. The van der Waals surface area contributed by atoms with Gasteiger partial charge in [-0.05, 0) is 19.1 Å². The van der Waals surface area contributed by atoms with Crippen LogP contribution in [0.25, 0.3) is 0 Å². The molecule has 0 saturated carbocycles. The van der Waals surface area contributed by atoms with E-state index in [2.05, 4.69) is 5.32 Å². The van der Waals surface area contributed by atoms with Gasteiger partial charge in [-0.15, -0.1) is 0 Å². The Hall–Kier alpha value is -1.43. The molecule has 0 unspecified atom stereocenters. The van der Waals surface area contributed by atoms with Crippen LogP contribution >= 0.6 is 0 Å². The highest BCUT2D eigenvalue weighted by atomic mass is 19.3. The first-order chi connectivity index (χ1) is 7.50. The molecule has 0 aliphatic carbocycles. The average molecular weight is 232 g/mol. The SMILES string of the molecule is C[C@@H](O)CNC(=O)c1cccn1CC(F)F. The number of carbonyl (C=O) groups is 1. The molecule has 0 aliphatic heterocycles. The van der Waals surface area contributed by atoms with E-state index in [1.165, 1.54) is 29.8 Å². The van der Waals surface area contributed by atoms with E-state index in [1.807, 2.05) is 0 Å². The predicted octanol–water partition coefficient (Wildman–Crippen LogP) is 0.864. The zero-order valence-corrected chi connectivity index (χ0v) is 8.86. The van der Waals surface area contributed by atoms with Crippen molar-refractivity contribution in [2.45, 2.75) is 26.0 Å². The summed E-state index contributed by atoms with van der Waals surface area (Å²) >= 11 is 0. The van der Waals surface area contributed by atoms with Gasteiger partial charge in [-0.2, -0.15) is 0 Å². The lowest BCUT2D eigenvalue weighted by molar-refractivity contribution is 0.0902. The van der Waals surface area contributed by atoms with Crippen molar-refractivity contribution in [3.05, 3.63) is 24.0 Å². The second kappa shape index (κ2) is 5.60. The fraction of sp³-hybridized carbons (Fsp3) is 0.500. The molecule has 0 spiro atoms. The quantitative estimate of drug-likeness (QED) is 0.791. The molecule has 4 nitrogen and oxygen atoms in total. The summed E-state index contributed by atoms with van der Waals surface area (Å²) in [6.45, 7) is 1.11. The number of hydrogen-bond donors (Lipinski definition) is 2. The molecule has 1 atom stereocenters. The van der Waals surface area contributed by atoms with Crippen LogP contribution in [0.2, 0.25) is 0 Å². The van der Waals surface area contributed by atoms with E-state index in [4.69, 9.17) is 5.11 Å². The summed E-state index contributed by atoms with van der Waals surface area (Å²) in [5, 5.41) is 11.4. The van der Waals surface area contributed by atoms with Crippen molar-refractivity contribution in [2.24, 2.45) is 0 Å². The van der Waals surface area contributed by atoms with Crippen molar-refractivity contribution in [2.75, 3.05) is 6.54 Å². The standard InChI is InChI=1S/C10H14F2N2O2/c1-7(15)5-13-10(16)8-3-2-4-14(8)6-9(11)12/h2-4,7,9,15H,5-6H2,1H3,(H,13,16)/t7-/m1/s1. The molecule has 1 heterocycles. The van der Waals surface area contributed by atoms with Gasteiger partial charge in [0.25, 0.3) is 12.3 Å². The van der Waals surface area contributed by atoms with Crippen molar-refractivity contribution in [3.8, 4) is 0 Å². The molecular formula is C10H14F2N2O2. The smallest absolute Gasteiger partial charge is 0.267 e. The molecule has 0 fully saturated rings. The summed E-state index contributed by atoms with van der Waals surface area (Å²) < 4.78 is 25.5. The topological polar surface area (TPSA) is 54.3 Å². The van der Waals surface area contributed by atoms with Gasteiger partial charge in [0.05, 0.1) is 12.6 Å². The van der Waals surface area contributed by atoms with Crippen LogP contribution in [-0.4, -0.2) is 34.7 Å². The number of aliphatic hydroxyl groups excluding tert-OH is 1. The zero-order chi connectivity index (χ0) is 12.1. The van der Waals surface area contributed by atoms with Crippen LogP contribution in [0.5, 0.6) is 0 Å². The molecule has 0 saturated heterocycles. The molecule has 0 radical (unpaired) electrons. The fourth-order valence-corrected chi connectivity index (χ4v) is 1.26. The van der Waals surface area contributed by atoms with E-state index in [-0.39, 0.29) is 12.2 Å². The highest BCUT2D eigenvalue weighted by Crippen LogP contribution is 2.06. The lowest BCUT2D eigenvalue weighted by Gasteiger charge is -2.10. The summed E-state index contributed by atoms with van der Waals surface area (Å²) in [6.07, 6.45) is -1.75. The molecule has 6 heteroatoms. The third kappa shape index (κ3) is 3.62. The molecular weight excluding hydrogens is 218 g/mol. The van der Waals surface area contributed by atoms with Gasteiger partial charge in [-0.1, -0.05) is 0 Å². The first kappa shape index (κ1) is 12.6. The molecule has 90 valence electrons. The number of aromatic nitrogens is 1. The Balaban J connectivity index is 2.64. The van der Waals surface area contributed by atoms with E-state index < -0.39 is 25.0 Å². The number of alkyl halides is 2. The minimum absolute atomic E-state index is 0.0959. The molecule has 0 bridgehead atoms. The Labute approximate surface area is 91.9 Å². The van der Waals surface area contributed by atoms with E-state index in [1.54, 1.807) is 0 Å². The first-order valence-electron chi connectivity index (χ1n) is 4.90. The molecule has 16 heavy (non-hydrogen) atoms. The molecule has 1 rings (SSSR count). The van der Waals surface area contributed by atoms with Crippen LogP contribution in [0.15, 0.2) is 18.3 Å². The Kier molecular flexibility index (Phi) is 4.42. The normalized spacial score (nSPS) is 12.8. The molecule has 1 aromatic heterocycles. The van der Waals surface area contributed by atoms with Crippen molar-refractivity contribution in [1.82, 2.24) is 9.88 Å². The van der Waals surface area contributed by atoms with Crippen molar-refractivity contribution < 1.29 is 18.7 Å². The summed E-state index contributed by atoms with van der Waals surface area (Å²) in [4.78, 5) is 11.5. The first-order valence-corrected chi connectivity index (χ1v) is 4.90. The second-order valence-corrected chi connectivity index (χ2v) is 3.50. The number of nitrogens with one attached hydrogen (secondary N) is 1. The van der Waals surface area contributed by atoms with Crippen LogP contribution in [0.3, 0.4) is 0 Å². The number of amides is 1. The summed E-state index contributed by atoms with van der Waals surface area (Å²) in [6, 6.07) is 2.99. The highest BCUT2D eigenvalue weighted by molar-refractivity contribution is 5.92. The van der Waals surface area contributed by atoms with Gasteiger partial charge in [-0.3, -0.25) is 4.79 Å². The Morgan fingerprint density at radius 1 is 1.62 bits per heavy atom. The van der Waals surface area contributed by atoms with Crippen LogP contribution < -0.4 is 5.32 Å². The Morgan fingerprint density at radius 2 is 2.31 bits per heavy atom. The van der Waals surface area contributed by atoms with E-state index in [0.717, 1.165) is 0 Å². The molecule has 2 N–H and O–H groups in total. The molecule has 1 aromatic rings. The average Bonchev–Trinajstić information content (AvgIpc) is 2.61.